The third-order valence-corrected chi connectivity index (χ3v) is 3.38. The Kier molecular flexibility index (Phi) is 4.75. The number of hydrogen-bond acceptors (Lipinski definition) is 3. The van der Waals surface area contributed by atoms with Crippen LogP contribution < -0.4 is 0 Å². The van der Waals surface area contributed by atoms with Gasteiger partial charge in [0.25, 0.3) is 0 Å². The minimum absolute atomic E-state index is 0.00280. The Morgan fingerprint density at radius 3 is 2.88 bits per heavy atom. The van der Waals surface area contributed by atoms with Crippen LogP contribution in [0, 0.1) is 23.2 Å². The van der Waals surface area contributed by atoms with E-state index in [-0.39, 0.29) is 18.6 Å². The van der Waals surface area contributed by atoms with Gasteiger partial charge in [0.1, 0.15) is 5.92 Å². The van der Waals surface area contributed by atoms with Crippen molar-refractivity contribution in [2.24, 2.45) is 11.8 Å². The van der Waals surface area contributed by atoms with Gasteiger partial charge < -0.3 is 10.0 Å². The molecule has 1 fully saturated rings. The highest BCUT2D eigenvalue weighted by atomic mass is 16.3. The van der Waals surface area contributed by atoms with Gasteiger partial charge in [-0.05, 0) is 18.8 Å². The van der Waals surface area contributed by atoms with Crippen molar-refractivity contribution in [3.63, 3.8) is 0 Å². The van der Waals surface area contributed by atoms with Gasteiger partial charge in [-0.15, -0.1) is 0 Å². The van der Waals surface area contributed by atoms with Crippen LogP contribution in [0.25, 0.3) is 0 Å². The molecule has 0 aromatic carbocycles. The number of carbonyl (C=O) groups is 1. The molecule has 0 saturated carbocycles. The zero-order chi connectivity index (χ0) is 12.1. The number of rotatable bonds is 4. The normalized spacial score (nSPS) is 26.5. The summed E-state index contributed by atoms with van der Waals surface area (Å²) in [5, 5.41) is 18.2. The number of nitrogens with zero attached hydrogens (tertiary/aromatic N) is 2. The van der Waals surface area contributed by atoms with E-state index in [2.05, 4.69) is 6.07 Å². The molecule has 4 heteroatoms. The first-order valence-corrected chi connectivity index (χ1v) is 5.96. The van der Waals surface area contributed by atoms with Crippen molar-refractivity contribution in [1.29, 1.82) is 5.26 Å². The van der Waals surface area contributed by atoms with Gasteiger partial charge in [-0.1, -0.05) is 20.3 Å². The van der Waals surface area contributed by atoms with Gasteiger partial charge >= 0.3 is 0 Å². The Hall–Kier alpha value is -1.08. The summed E-state index contributed by atoms with van der Waals surface area (Å²) in [5.41, 5.74) is 0. The summed E-state index contributed by atoms with van der Waals surface area (Å²) < 4.78 is 0. The lowest BCUT2D eigenvalue weighted by Crippen LogP contribution is -2.42. The van der Waals surface area contributed by atoms with E-state index in [1.807, 2.05) is 13.8 Å². The molecule has 1 aliphatic rings. The summed E-state index contributed by atoms with van der Waals surface area (Å²) in [7, 11) is 0. The monoisotopic (exact) mass is 224 g/mol. The standard InChI is InChI=1S/C12H20N2O2/c1-3-4-10(7-13)12(16)14-6-5-9(2)11(14)8-15/h9-11,15H,3-6,8H2,1-2H3. The van der Waals surface area contributed by atoms with E-state index < -0.39 is 5.92 Å². The Morgan fingerprint density at radius 2 is 2.38 bits per heavy atom. The van der Waals surface area contributed by atoms with Crippen LogP contribution in [-0.2, 0) is 4.79 Å². The summed E-state index contributed by atoms with van der Waals surface area (Å²) >= 11 is 0. The molecule has 1 rings (SSSR count). The van der Waals surface area contributed by atoms with Crippen molar-refractivity contribution in [1.82, 2.24) is 4.90 Å². The average molecular weight is 224 g/mol. The fourth-order valence-electron chi connectivity index (χ4n) is 2.29. The second kappa shape index (κ2) is 5.86. The van der Waals surface area contributed by atoms with Crippen molar-refractivity contribution >= 4 is 5.91 Å². The molecular formula is C12H20N2O2. The maximum atomic E-state index is 12.1. The topological polar surface area (TPSA) is 64.3 Å². The van der Waals surface area contributed by atoms with Crippen LogP contribution >= 0.6 is 0 Å². The molecule has 3 atom stereocenters. The Balaban J connectivity index is 2.69. The molecule has 0 aliphatic carbocycles. The summed E-state index contributed by atoms with van der Waals surface area (Å²) in [6.07, 6.45) is 2.36. The average Bonchev–Trinajstić information content (AvgIpc) is 2.66. The molecule has 1 saturated heterocycles. The van der Waals surface area contributed by atoms with Gasteiger partial charge in [-0.2, -0.15) is 5.26 Å². The third-order valence-electron chi connectivity index (χ3n) is 3.38. The molecule has 1 N–H and O–H groups in total. The molecular weight excluding hydrogens is 204 g/mol. The van der Waals surface area contributed by atoms with Crippen molar-refractivity contribution in [2.45, 2.75) is 39.2 Å². The second-order valence-corrected chi connectivity index (χ2v) is 4.52. The van der Waals surface area contributed by atoms with Gasteiger partial charge in [0, 0.05) is 6.54 Å². The molecule has 0 aromatic rings. The van der Waals surface area contributed by atoms with Crippen LogP contribution in [0.1, 0.15) is 33.1 Å². The minimum Gasteiger partial charge on any atom is -0.394 e. The van der Waals surface area contributed by atoms with Gasteiger partial charge in [0.05, 0.1) is 18.7 Å². The van der Waals surface area contributed by atoms with Crippen LogP contribution in [0.2, 0.25) is 0 Å². The van der Waals surface area contributed by atoms with E-state index >= 15 is 0 Å². The predicted molar refractivity (Wildman–Crippen MR) is 60.4 cm³/mol. The Morgan fingerprint density at radius 1 is 1.69 bits per heavy atom. The van der Waals surface area contributed by atoms with Crippen LogP contribution in [0.5, 0.6) is 0 Å². The summed E-state index contributed by atoms with van der Waals surface area (Å²) in [4.78, 5) is 13.8. The maximum Gasteiger partial charge on any atom is 0.240 e. The van der Waals surface area contributed by atoms with Crippen LogP contribution in [0.3, 0.4) is 0 Å². The van der Waals surface area contributed by atoms with Crippen LogP contribution in [0.4, 0.5) is 0 Å². The smallest absolute Gasteiger partial charge is 0.240 e. The first-order valence-electron chi connectivity index (χ1n) is 5.96. The number of aliphatic hydroxyl groups excluding tert-OH is 1. The van der Waals surface area contributed by atoms with Gasteiger partial charge in [0.2, 0.25) is 5.91 Å². The molecule has 4 nitrogen and oxygen atoms in total. The van der Waals surface area contributed by atoms with E-state index in [0.29, 0.717) is 18.9 Å². The molecule has 0 radical (unpaired) electrons. The first kappa shape index (κ1) is 13.0. The number of carbonyl (C=O) groups excluding carboxylic acids is 1. The van der Waals surface area contributed by atoms with Gasteiger partial charge in [-0.25, -0.2) is 0 Å². The Labute approximate surface area is 96.9 Å². The number of hydrogen-bond donors (Lipinski definition) is 1. The number of aliphatic hydroxyl groups is 1. The third kappa shape index (κ3) is 2.53. The lowest BCUT2D eigenvalue weighted by molar-refractivity contribution is -0.135. The van der Waals surface area contributed by atoms with Crippen molar-refractivity contribution < 1.29 is 9.90 Å². The maximum absolute atomic E-state index is 12.1. The van der Waals surface area contributed by atoms with E-state index in [9.17, 15) is 9.90 Å². The summed E-state index contributed by atoms with van der Waals surface area (Å²) in [6.45, 7) is 4.67. The summed E-state index contributed by atoms with van der Waals surface area (Å²) in [5.74, 6) is -0.313. The van der Waals surface area contributed by atoms with E-state index in [1.54, 1.807) is 4.90 Å². The Bertz CT molecular complexity index is 285. The highest BCUT2D eigenvalue weighted by Crippen LogP contribution is 2.25. The number of likely N-dealkylation sites (tertiary alicyclic amines) is 1. The predicted octanol–water partition coefficient (Wildman–Crippen LogP) is 1.16. The fourth-order valence-corrected chi connectivity index (χ4v) is 2.29. The molecule has 0 aromatic heterocycles. The van der Waals surface area contributed by atoms with E-state index in [1.165, 1.54) is 0 Å². The minimum atomic E-state index is -0.538. The van der Waals surface area contributed by atoms with Crippen molar-refractivity contribution in [3.8, 4) is 6.07 Å². The van der Waals surface area contributed by atoms with Crippen molar-refractivity contribution in [3.05, 3.63) is 0 Å². The van der Waals surface area contributed by atoms with Crippen LogP contribution in [-0.4, -0.2) is 35.1 Å². The molecule has 0 spiro atoms. The molecule has 3 unspecified atom stereocenters. The van der Waals surface area contributed by atoms with Crippen LogP contribution in [0.15, 0.2) is 0 Å². The quantitative estimate of drug-likeness (QED) is 0.779. The zero-order valence-corrected chi connectivity index (χ0v) is 10.0. The highest BCUT2D eigenvalue weighted by Gasteiger charge is 2.36. The van der Waals surface area contributed by atoms with Crippen molar-refractivity contribution in [2.75, 3.05) is 13.2 Å². The first-order chi connectivity index (χ1) is 7.65. The van der Waals surface area contributed by atoms with Gasteiger partial charge in [0.15, 0.2) is 0 Å². The molecule has 1 amide bonds. The lowest BCUT2D eigenvalue weighted by Gasteiger charge is -2.26. The number of nitriles is 1. The molecule has 1 aliphatic heterocycles. The lowest BCUT2D eigenvalue weighted by atomic mass is 10.0. The SMILES string of the molecule is CCCC(C#N)C(=O)N1CCC(C)C1CO. The largest absolute Gasteiger partial charge is 0.394 e. The number of amides is 1. The molecule has 16 heavy (non-hydrogen) atoms. The van der Waals surface area contributed by atoms with Gasteiger partial charge in [-0.3, -0.25) is 4.79 Å². The van der Waals surface area contributed by atoms with E-state index in [4.69, 9.17) is 5.26 Å². The molecule has 90 valence electrons. The highest BCUT2D eigenvalue weighted by molar-refractivity contribution is 5.81. The van der Waals surface area contributed by atoms with E-state index in [0.717, 1.165) is 12.8 Å². The molecule has 1 heterocycles. The second-order valence-electron chi connectivity index (χ2n) is 4.52. The zero-order valence-electron chi connectivity index (χ0n) is 10.0. The molecule has 0 bridgehead atoms. The summed E-state index contributed by atoms with van der Waals surface area (Å²) in [6, 6.07) is 1.97. The fraction of sp³-hybridized carbons (Fsp3) is 0.833.